The zero-order chi connectivity index (χ0) is 15.5. The molecule has 0 radical (unpaired) electrons. The summed E-state index contributed by atoms with van der Waals surface area (Å²) < 4.78 is 5.57. The van der Waals surface area contributed by atoms with Gasteiger partial charge < -0.3 is 9.64 Å². The van der Waals surface area contributed by atoms with Gasteiger partial charge in [-0.3, -0.25) is 4.79 Å². The number of nitrogens with zero attached hydrogens (tertiary/aromatic N) is 2. The predicted octanol–water partition coefficient (Wildman–Crippen LogP) is 3.07. The van der Waals surface area contributed by atoms with Crippen LogP contribution in [0.3, 0.4) is 0 Å². The van der Waals surface area contributed by atoms with E-state index in [1.165, 1.54) is 11.1 Å². The Morgan fingerprint density at radius 3 is 2.68 bits per heavy atom. The minimum Gasteiger partial charge on any atom is -0.475 e. The van der Waals surface area contributed by atoms with Crippen molar-refractivity contribution in [3.63, 3.8) is 0 Å². The van der Waals surface area contributed by atoms with E-state index in [-0.39, 0.29) is 12.0 Å². The normalized spacial score (nSPS) is 13.9. The van der Waals surface area contributed by atoms with E-state index in [9.17, 15) is 4.79 Å². The van der Waals surface area contributed by atoms with Gasteiger partial charge in [0.15, 0.2) is 0 Å². The molecular formula is C18H20N2O2. The average Bonchev–Trinajstić information content (AvgIpc) is 2.53. The number of amides is 1. The van der Waals surface area contributed by atoms with E-state index in [1.54, 1.807) is 12.1 Å². The second-order valence-electron chi connectivity index (χ2n) is 5.77. The summed E-state index contributed by atoms with van der Waals surface area (Å²) in [6.45, 7) is 5.26. The van der Waals surface area contributed by atoms with Gasteiger partial charge in [-0.15, -0.1) is 0 Å². The summed E-state index contributed by atoms with van der Waals surface area (Å²) in [5.41, 5.74) is 2.99. The van der Waals surface area contributed by atoms with Crippen molar-refractivity contribution in [1.82, 2.24) is 9.88 Å². The Hall–Kier alpha value is -2.36. The number of fused-ring (bicyclic) bond motifs is 1. The summed E-state index contributed by atoms with van der Waals surface area (Å²) >= 11 is 0. The number of benzene rings is 1. The summed E-state index contributed by atoms with van der Waals surface area (Å²) in [4.78, 5) is 18.8. The molecule has 4 heteroatoms. The van der Waals surface area contributed by atoms with E-state index >= 15 is 0 Å². The van der Waals surface area contributed by atoms with Crippen molar-refractivity contribution < 1.29 is 9.53 Å². The molecule has 1 amide bonds. The van der Waals surface area contributed by atoms with Crippen LogP contribution in [0.5, 0.6) is 5.88 Å². The van der Waals surface area contributed by atoms with E-state index < -0.39 is 0 Å². The molecule has 1 aliphatic heterocycles. The maximum absolute atomic E-state index is 12.7. The van der Waals surface area contributed by atoms with Gasteiger partial charge >= 0.3 is 0 Å². The molecule has 2 heterocycles. The van der Waals surface area contributed by atoms with Crippen LogP contribution in [-0.4, -0.2) is 28.4 Å². The standard InChI is InChI=1S/C18H20N2O2/c1-13(2)22-17-9-5-8-16(19-17)18(21)20-11-10-14-6-3-4-7-15(14)12-20/h3-9,13H,10-12H2,1-2H3. The number of hydrogen-bond donors (Lipinski definition) is 0. The van der Waals surface area contributed by atoms with Crippen molar-refractivity contribution in [2.75, 3.05) is 6.54 Å². The first kappa shape index (κ1) is 14.6. The quantitative estimate of drug-likeness (QED) is 0.874. The first-order valence-electron chi connectivity index (χ1n) is 7.63. The van der Waals surface area contributed by atoms with Crippen molar-refractivity contribution in [1.29, 1.82) is 0 Å². The van der Waals surface area contributed by atoms with Crippen LogP contribution in [0.4, 0.5) is 0 Å². The second-order valence-corrected chi connectivity index (χ2v) is 5.77. The van der Waals surface area contributed by atoms with Crippen LogP contribution in [0.2, 0.25) is 0 Å². The fourth-order valence-electron chi connectivity index (χ4n) is 2.67. The van der Waals surface area contributed by atoms with Crippen LogP contribution in [0.1, 0.15) is 35.5 Å². The van der Waals surface area contributed by atoms with Crippen molar-refractivity contribution in [2.45, 2.75) is 32.9 Å². The number of ether oxygens (including phenoxy) is 1. The molecule has 2 aromatic rings. The lowest BCUT2D eigenvalue weighted by Crippen LogP contribution is -2.36. The first-order chi connectivity index (χ1) is 10.6. The van der Waals surface area contributed by atoms with Gasteiger partial charge in [-0.2, -0.15) is 0 Å². The fraction of sp³-hybridized carbons (Fsp3) is 0.333. The van der Waals surface area contributed by atoms with Crippen LogP contribution in [0, 0.1) is 0 Å². The third-order valence-electron chi connectivity index (χ3n) is 3.72. The molecule has 0 saturated heterocycles. The lowest BCUT2D eigenvalue weighted by molar-refractivity contribution is 0.0727. The van der Waals surface area contributed by atoms with Crippen molar-refractivity contribution in [2.24, 2.45) is 0 Å². The predicted molar refractivity (Wildman–Crippen MR) is 84.9 cm³/mol. The van der Waals surface area contributed by atoms with Gasteiger partial charge in [0, 0.05) is 19.2 Å². The third-order valence-corrected chi connectivity index (χ3v) is 3.72. The summed E-state index contributed by atoms with van der Waals surface area (Å²) in [6, 6.07) is 13.6. The van der Waals surface area contributed by atoms with Gasteiger partial charge in [0.1, 0.15) is 5.69 Å². The summed E-state index contributed by atoms with van der Waals surface area (Å²) in [6.07, 6.45) is 0.934. The number of carbonyl (C=O) groups is 1. The Morgan fingerprint density at radius 1 is 1.14 bits per heavy atom. The highest BCUT2D eigenvalue weighted by atomic mass is 16.5. The van der Waals surface area contributed by atoms with Crippen LogP contribution in [0.25, 0.3) is 0 Å². The molecule has 0 unspecified atom stereocenters. The van der Waals surface area contributed by atoms with Gasteiger partial charge in [-0.05, 0) is 37.5 Å². The van der Waals surface area contributed by atoms with E-state index in [0.717, 1.165) is 13.0 Å². The lowest BCUT2D eigenvalue weighted by Gasteiger charge is -2.28. The van der Waals surface area contributed by atoms with Crippen LogP contribution >= 0.6 is 0 Å². The van der Waals surface area contributed by atoms with Gasteiger partial charge in [-0.1, -0.05) is 30.3 Å². The Labute approximate surface area is 130 Å². The Bertz CT molecular complexity index is 682. The molecule has 1 aromatic carbocycles. The Morgan fingerprint density at radius 2 is 1.91 bits per heavy atom. The maximum atomic E-state index is 12.7. The smallest absolute Gasteiger partial charge is 0.272 e. The van der Waals surface area contributed by atoms with Gasteiger partial charge in [0.25, 0.3) is 5.91 Å². The topological polar surface area (TPSA) is 42.4 Å². The molecule has 1 aromatic heterocycles. The molecule has 22 heavy (non-hydrogen) atoms. The first-order valence-corrected chi connectivity index (χ1v) is 7.63. The zero-order valence-corrected chi connectivity index (χ0v) is 13.0. The summed E-state index contributed by atoms with van der Waals surface area (Å²) in [5, 5.41) is 0. The number of pyridine rings is 1. The van der Waals surface area contributed by atoms with Crippen molar-refractivity contribution >= 4 is 5.91 Å². The molecular weight excluding hydrogens is 276 g/mol. The number of carbonyl (C=O) groups excluding carboxylic acids is 1. The highest BCUT2D eigenvalue weighted by molar-refractivity contribution is 5.92. The largest absolute Gasteiger partial charge is 0.475 e. The van der Waals surface area contributed by atoms with Crippen LogP contribution in [0.15, 0.2) is 42.5 Å². The van der Waals surface area contributed by atoms with Crippen molar-refractivity contribution in [3.05, 3.63) is 59.3 Å². The van der Waals surface area contributed by atoms with Gasteiger partial charge in [-0.25, -0.2) is 4.98 Å². The molecule has 0 atom stereocenters. The van der Waals surface area contributed by atoms with Crippen LogP contribution in [-0.2, 0) is 13.0 Å². The zero-order valence-electron chi connectivity index (χ0n) is 13.0. The Balaban J connectivity index is 1.77. The molecule has 0 spiro atoms. The SMILES string of the molecule is CC(C)Oc1cccc(C(=O)N2CCc3ccccc3C2)n1. The molecule has 0 fully saturated rings. The fourth-order valence-corrected chi connectivity index (χ4v) is 2.67. The maximum Gasteiger partial charge on any atom is 0.272 e. The summed E-state index contributed by atoms with van der Waals surface area (Å²) in [5.74, 6) is 0.460. The number of rotatable bonds is 3. The average molecular weight is 296 g/mol. The molecule has 114 valence electrons. The van der Waals surface area contributed by atoms with E-state index in [2.05, 4.69) is 17.1 Å². The highest BCUT2D eigenvalue weighted by Gasteiger charge is 2.22. The van der Waals surface area contributed by atoms with Crippen molar-refractivity contribution in [3.8, 4) is 5.88 Å². The minimum absolute atomic E-state index is 0.0382. The minimum atomic E-state index is -0.0382. The molecule has 0 N–H and O–H groups in total. The van der Waals surface area contributed by atoms with Crippen LogP contribution < -0.4 is 4.74 Å². The van der Waals surface area contributed by atoms with Gasteiger partial charge in [0.05, 0.1) is 6.10 Å². The lowest BCUT2D eigenvalue weighted by atomic mass is 10.00. The third kappa shape index (κ3) is 3.11. The van der Waals surface area contributed by atoms with E-state index in [1.807, 2.05) is 36.9 Å². The molecule has 0 saturated carbocycles. The summed E-state index contributed by atoms with van der Waals surface area (Å²) in [7, 11) is 0. The van der Waals surface area contributed by atoms with E-state index in [4.69, 9.17) is 4.74 Å². The van der Waals surface area contributed by atoms with E-state index in [0.29, 0.717) is 18.1 Å². The number of hydrogen-bond acceptors (Lipinski definition) is 3. The molecule has 1 aliphatic rings. The second kappa shape index (κ2) is 6.18. The molecule has 0 bridgehead atoms. The van der Waals surface area contributed by atoms with Gasteiger partial charge in [0.2, 0.25) is 5.88 Å². The Kier molecular flexibility index (Phi) is 4.09. The highest BCUT2D eigenvalue weighted by Crippen LogP contribution is 2.20. The molecule has 0 aliphatic carbocycles. The molecule has 4 nitrogen and oxygen atoms in total. The number of aromatic nitrogens is 1. The monoisotopic (exact) mass is 296 g/mol. The molecule has 3 rings (SSSR count).